The van der Waals surface area contributed by atoms with Gasteiger partial charge in [0.15, 0.2) is 0 Å². The molecule has 0 aliphatic rings. The van der Waals surface area contributed by atoms with Gasteiger partial charge in [0.1, 0.15) is 5.75 Å². The molecule has 3 heteroatoms. The lowest BCUT2D eigenvalue weighted by molar-refractivity contribution is 0.337. The second-order valence-electron chi connectivity index (χ2n) is 4.79. The minimum absolute atomic E-state index is 0.186. The highest BCUT2D eigenvalue weighted by atomic mass is 79.9. The molecule has 1 aromatic carbocycles. The van der Waals surface area contributed by atoms with Crippen LogP contribution in [-0.4, -0.2) is 12.1 Å². The first-order chi connectivity index (χ1) is 7.98. The molecule has 0 fully saturated rings. The molecule has 0 atom stereocenters. The fourth-order valence-corrected chi connectivity index (χ4v) is 1.93. The molecule has 1 rings (SSSR count). The lowest BCUT2D eigenvalue weighted by atomic mass is 10.0. The second-order valence-corrected chi connectivity index (χ2v) is 5.64. The van der Waals surface area contributed by atoms with Crippen molar-refractivity contribution in [2.45, 2.75) is 46.2 Å². The lowest BCUT2D eigenvalue weighted by Crippen LogP contribution is -2.37. The molecule has 0 bridgehead atoms. The number of rotatable bonds is 6. The Labute approximate surface area is 113 Å². The first kappa shape index (κ1) is 14.5. The molecule has 0 heterocycles. The largest absolute Gasteiger partial charge is 0.493 e. The quantitative estimate of drug-likeness (QED) is 0.853. The van der Waals surface area contributed by atoms with Crippen molar-refractivity contribution in [3.8, 4) is 5.75 Å². The number of nitrogens with one attached hydrogen (secondary N) is 1. The van der Waals surface area contributed by atoms with Gasteiger partial charge in [0, 0.05) is 12.1 Å². The van der Waals surface area contributed by atoms with Crippen LogP contribution in [0.4, 0.5) is 0 Å². The Morgan fingerprint density at radius 2 is 2.00 bits per heavy atom. The van der Waals surface area contributed by atoms with E-state index in [1.165, 1.54) is 5.56 Å². The van der Waals surface area contributed by atoms with Crippen LogP contribution >= 0.6 is 15.9 Å². The van der Waals surface area contributed by atoms with E-state index in [0.29, 0.717) is 6.61 Å². The number of hydrogen-bond acceptors (Lipinski definition) is 2. The van der Waals surface area contributed by atoms with Gasteiger partial charge in [-0.3, -0.25) is 0 Å². The average molecular weight is 300 g/mol. The molecule has 1 N–H and O–H groups in total. The van der Waals surface area contributed by atoms with Crippen molar-refractivity contribution in [2.24, 2.45) is 0 Å². The van der Waals surface area contributed by atoms with E-state index in [2.05, 4.69) is 54.2 Å². The highest BCUT2D eigenvalue weighted by molar-refractivity contribution is 9.10. The van der Waals surface area contributed by atoms with Crippen molar-refractivity contribution >= 4 is 15.9 Å². The standard InChI is InChI=1S/C14H22BrNO/c1-5-14(3,4)16-10-11-7-8-13(17-6-2)12(15)9-11/h7-9,16H,5-6,10H2,1-4H3. The zero-order chi connectivity index (χ0) is 12.9. The normalized spacial score (nSPS) is 11.6. The van der Waals surface area contributed by atoms with E-state index in [1.54, 1.807) is 0 Å². The van der Waals surface area contributed by atoms with Gasteiger partial charge in [0.25, 0.3) is 0 Å². The molecule has 0 aromatic heterocycles. The van der Waals surface area contributed by atoms with Gasteiger partial charge in [-0.05, 0) is 60.8 Å². The number of ether oxygens (including phenoxy) is 1. The predicted octanol–water partition coefficient (Wildman–Crippen LogP) is 4.13. The Bertz CT molecular complexity index is 363. The van der Waals surface area contributed by atoms with Crippen molar-refractivity contribution in [3.05, 3.63) is 28.2 Å². The van der Waals surface area contributed by atoms with Crippen LogP contribution in [0.3, 0.4) is 0 Å². The van der Waals surface area contributed by atoms with E-state index in [-0.39, 0.29) is 5.54 Å². The van der Waals surface area contributed by atoms with E-state index < -0.39 is 0 Å². The summed E-state index contributed by atoms with van der Waals surface area (Å²) in [6.07, 6.45) is 1.12. The molecule has 0 saturated carbocycles. The van der Waals surface area contributed by atoms with Crippen LogP contribution in [0.25, 0.3) is 0 Å². The first-order valence-corrected chi connectivity index (χ1v) is 6.94. The van der Waals surface area contributed by atoms with Crippen molar-refractivity contribution in [2.75, 3.05) is 6.61 Å². The first-order valence-electron chi connectivity index (χ1n) is 6.14. The second kappa shape index (κ2) is 6.41. The van der Waals surface area contributed by atoms with Gasteiger partial charge < -0.3 is 10.1 Å². The molecular formula is C14H22BrNO. The summed E-state index contributed by atoms with van der Waals surface area (Å²) in [6, 6.07) is 6.24. The molecule has 96 valence electrons. The van der Waals surface area contributed by atoms with Crippen molar-refractivity contribution in [1.29, 1.82) is 0 Å². The number of benzene rings is 1. The van der Waals surface area contributed by atoms with Gasteiger partial charge >= 0.3 is 0 Å². The van der Waals surface area contributed by atoms with E-state index >= 15 is 0 Å². The topological polar surface area (TPSA) is 21.3 Å². The Morgan fingerprint density at radius 3 is 2.53 bits per heavy atom. The molecule has 17 heavy (non-hydrogen) atoms. The Morgan fingerprint density at radius 1 is 1.29 bits per heavy atom. The molecule has 0 aliphatic carbocycles. The average Bonchev–Trinajstić information content (AvgIpc) is 2.30. The minimum atomic E-state index is 0.186. The summed E-state index contributed by atoms with van der Waals surface area (Å²) >= 11 is 3.53. The van der Waals surface area contributed by atoms with Crippen LogP contribution in [0.2, 0.25) is 0 Å². The molecular weight excluding hydrogens is 278 g/mol. The molecule has 0 spiro atoms. The predicted molar refractivity (Wildman–Crippen MR) is 76.5 cm³/mol. The summed E-state index contributed by atoms with van der Waals surface area (Å²) in [6.45, 7) is 10.2. The van der Waals surface area contributed by atoms with Gasteiger partial charge in [-0.15, -0.1) is 0 Å². The van der Waals surface area contributed by atoms with E-state index in [9.17, 15) is 0 Å². The van der Waals surface area contributed by atoms with Crippen LogP contribution in [0.5, 0.6) is 5.75 Å². The molecule has 0 saturated heterocycles. The zero-order valence-corrected chi connectivity index (χ0v) is 12.7. The summed E-state index contributed by atoms with van der Waals surface area (Å²) in [7, 11) is 0. The molecule has 0 unspecified atom stereocenters. The molecule has 0 amide bonds. The fourth-order valence-electron chi connectivity index (χ4n) is 1.39. The summed E-state index contributed by atoms with van der Waals surface area (Å²) in [5, 5.41) is 3.54. The Balaban J connectivity index is 2.64. The zero-order valence-electron chi connectivity index (χ0n) is 11.1. The maximum absolute atomic E-state index is 5.49. The molecule has 0 aliphatic heterocycles. The van der Waals surface area contributed by atoms with Gasteiger partial charge in [-0.2, -0.15) is 0 Å². The summed E-state index contributed by atoms with van der Waals surface area (Å²) < 4.78 is 6.51. The lowest BCUT2D eigenvalue weighted by Gasteiger charge is -2.24. The highest BCUT2D eigenvalue weighted by Crippen LogP contribution is 2.26. The van der Waals surface area contributed by atoms with Crippen LogP contribution in [-0.2, 0) is 6.54 Å². The van der Waals surface area contributed by atoms with Gasteiger partial charge in [-0.25, -0.2) is 0 Å². The summed E-state index contributed by atoms with van der Waals surface area (Å²) in [5.74, 6) is 0.908. The maximum atomic E-state index is 5.49. The third-order valence-corrected chi connectivity index (χ3v) is 3.57. The van der Waals surface area contributed by atoms with Crippen molar-refractivity contribution < 1.29 is 4.74 Å². The monoisotopic (exact) mass is 299 g/mol. The van der Waals surface area contributed by atoms with Crippen molar-refractivity contribution in [1.82, 2.24) is 5.32 Å². The number of halogens is 1. The molecule has 2 nitrogen and oxygen atoms in total. The molecule has 1 aromatic rings. The van der Waals surface area contributed by atoms with Crippen LogP contribution in [0.1, 0.15) is 39.7 Å². The van der Waals surface area contributed by atoms with Gasteiger partial charge in [-0.1, -0.05) is 13.0 Å². The van der Waals surface area contributed by atoms with E-state index in [1.807, 2.05) is 13.0 Å². The Kier molecular flexibility index (Phi) is 5.47. The maximum Gasteiger partial charge on any atom is 0.133 e. The summed E-state index contributed by atoms with van der Waals surface area (Å²) in [4.78, 5) is 0. The van der Waals surface area contributed by atoms with E-state index in [0.717, 1.165) is 23.2 Å². The van der Waals surface area contributed by atoms with E-state index in [4.69, 9.17) is 4.74 Å². The SMILES string of the molecule is CCOc1ccc(CNC(C)(C)CC)cc1Br. The van der Waals surface area contributed by atoms with Crippen molar-refractivity contribution in [3.63, 3.8) is 0 Å². The van der Waals surface area contributed by atoms with Crippen LogP contribution < -0.4 is 10.1 Å². The van der Waals surface area contributed by atoms with Crippen LogP contribution in [0, 0.1) is 0 Å². The van der Waals surface area contributed by atoms with Gasteiger partial charge in [0.2, 0.25) is 0 Å². The summed E-state index contributed by atoms with van der Waals surface area (Å²) in [5.41, 5.74) is 1.45. The minimum Gasteiger partial charge on any atom is -0.493 e. The number of hydrogen-bond donors (Lipinski definition) is 1. The van der Waals surface area contributed by atoms with Crippen LogP contribution in [0.15, 0.2) is 22.7 Å². The Hall–Kier alpha value is -0.540. The highest BCUT2D eigenvalue weighted by Gasteiger charge is 2.13. The fraction of sp³-hybridized carbons (Fsp3) is 0.571. The molecule has 0 radical (unpaired) electrons. The van der Waals surface area contributed by atoms with Gasteiger partial charge in [0.05, 0.1) is 11.1 Å². The third-order valence-electron chi connectivity index (χ3n) is 2.95. The smallest absolute Gasteiger partial charge is 0.133 e. The third kappa shape index (κ3) is 4.68.